The van der Waals surface area contributed by atoms with E-state index in [-0.39, 0.29) is 43.4 Å². The number of hydrogen-bond donors (Lipinski definition) is 1. The van der Waals surface area contributed by atoms with Crippen molar-refractivity contribution in [2.45, 2.75) is 44.6 Å². The fraction of sp³-hybridized carbons (Fsp3) is 0.391. The molecule has 0 saturated carbocycles. The molecule has 1 aliphatic carbocycles. The number of dihydropyridines is 1. The number of rotatable bonds is 4. The highest BCUT2D eigenvalue weighted by molar-refractivity contribution is 6.15. The number of esters is 1. The molecule has 0 aromatic carbocycles. The molecule has 2 atom stereocenters. The van der Waals surface area contributed by atoms with Gasteiger partial charge >= 0.3 is 12.1 Å². The van der Waals surface area contributed by atoms with Gasteiger partial charge in [0.2, 0.25) is 5.60 Å². The number of cyclic esters (lactones) is 1. The number of carbonyl (C=O) groups excluding carboxylic acids is 2. The summed E-state index contributed by atoms with van der Waals surface area (Å²) in [6, 6.07) is 1.70. The van der Waals surface area contributed by atoms with Crippen molar-refractivity contribution in [1.82, 2.24) is 4.57 Å². The Morgan fingerprint density at radius 3 is 3.03 bits per heavy atom. The minimum atomic E-state index is -1.81. The van der Waals surface area contributed by atoms with Gasteiger partial charge in [-0.3, -0.25) is 9.79 Å². The second kappa shape index (κ2) is 7.59. The average Bonchev–Trinajstić information content (AvgIpc) is 3.16. The third-order valence-electron chi connectivity index (χ3n) is 6.25. The van der Waals surface area contributed by atoms with E-state index in [1.807, 2.05) is 12.2 Å². The SMILES string of the molecule is CC[C@@]1(OC(=O)OCCO)C(=O)OCc2c1cc1n(c2=O)CC2=CC3=CC=CCC3N=C21. The molecule has 1 N–H and O–H groups in total. The predicted molar refractivity (Wildman–Crippen MR) is 112 cm³/mol. The molecular formula is C23H22N2O7. The van der Waals surface area contributed by atoms with Crippen molar-refractivity contribution < 1.29 is 28.9 Å². The Bertz CT molecular complexity index is 1200. The van der Waals surface area contributed by atoms with Crippen LogP contribution in [0.15, 0.2) is 51.3 Å². The number of aliphatic hydroxyl groups excluding tert-OH is 1. The lowest BCUT2D eigenvalue weighted by Crippen LogP contribution is -2.47. The Balaban J connectivity index is 1.63. The van der Waals surface area contributed by atoms with E-state index in [0.717, 1.165) is 17.6 Å². The van der Waals surface area contributed by atoms with Gasteiger partial charge in [0.05, 0.1) is 36.2 Å². The number of nitrogens with zero attached hydrogens (tertiary/aromatic N) is 2. The summed E-state index contributed by atoms with van der Waals surface area (Å²) in [5.41, 5.74) is 1.79. The Labute approximate surface area is 183 Å². The van der Waals surface area contributed by atoms with Crippen molar-refractivity contribution in [2.75, 3.05) is 13.2 Å². The fourth-order valence-electron chi connectivity index (χ4n) is 4.65. The highest BCUT2D eigenvalue weighted by atomic mass is 16.7. The lowest BCUT2D eigenvalue weighted by Gasteiger charge is -2.35. The molecule has 0 radical (unpaired) electrons. The van der Waals surface area contributed by atoms with Crippen molar-refractivity contribution in [3.8, 4) is 0 Å². The van der Waals surface area contributed by atoms with Crippen LogP contribution in [-0.4, -0.2) is 46.8 Å². The van der Waals surface area contributed by atoms with Gasteiger partial charge in [0.25, 0.3) is 5.56 Å². The molecule has 0 spiro atoms. The van der Waals surface area contributed by atoms with Crippen LogP contribution >= 0.6 is 0 Å². The van der Waals surface area contributed by atoms with Crippen LogP contribution in [0.3, 0.4) is 0 Å². The third-order valence-corrected chi connectivity index (χ3v) is 6.25. The molecule has 166 valence electrons. The van der Waals surface area contributed by atoms with E-state index in [1.54, 1.807) is 17.6 Å². The van der Waals surface area contributed by atoms with E-state index in [4.69, 9.17) is 24.3 Å². The molecule has 0 saturated heterocycles. The second-order valence-corrected chi connectivity index (χ2v) is 7.99. The Morgan fingerprint density at radius 2 is 2.25 bits per heavy atom. The standard InChI is InChI=1S/C23H22N2O7/c1-2-23(32-22(29)30-8-7-26)16-10-18-19-14(9-13-5-3-4-6-17(13)24-19)11-25(18)20(27)15(16)12-31-21(23)28/h3-5,9-10,17,26H,2,6-8,11-12H2,1H3/t17?,23-/m0/s1. The van der Waals surface area contributed by atoms with Gasteiger partial charge < -0.3 is 23.9 Å². The van der Waals surface area contributed by atoms with Gasteiger partial charge in [-0.25, -0.2) is 9.59 Å². The first-order valence-electron chi connectivity index (χ1n) is 10.6. The molecule has 9 heteroatoms. The number of carbonyl (C=O) groups is 2. The van der Waals surface area contributed by atoms with E-state index < -0.39 is 17.7 Å². The van der Waals surface area contributed by atoms with E-state index in [2.05, 4.69) is 12.2 Å². The molecule has 5 rings (SSSR count). The molecule has 0 fully saturated rings. The number of aliphatic hydroxyl groups is 1. The number of ether oxygens (including phenoxy) is 3. The Morgan fingerprint density at radius 1 is 1.41 bits per heavy atom. The third kappa shape index (κ3) is 2.96. The lowest BCUT2D eigenvalue weighted by molar-refractivity contribution is -0.175. The Kier molecular flexibility index (Phi) is 4.85. The number of allylic oxidation sites excluding steroid dienone is 3. The summed E-state index contributed by atoms with van der Waals surface area (Å²) in [4.78, 5) is 43.3. The van der Waals surface area contributed by atoms with Crippen molar-refractivity contribution in [3.05, 3.63) is 68.7 Å². The summed E-state index contributed by atoms with van der Waals surface area (Å²) < 4.78 is 17.1. The van der Waals surface area contributed by atoms with Crippen LogP contribution in [0.4, 0.5) is 4.79 Å². The van der Waals surface area contributed by atoms with Gasteiger partial charge in [-0.05, 0) is 36.1 Å². The van der Waals surface area contributed by atoms with Gasteiger partial charge in [0, 0.05) is 5.56 Å². The van der Waals surface area contributed by atoms with Gasteiger partial charge in [0.1, 0.15) is 13.2 Å². The highest BCUT2D eigenvalue weighted by Gasteiger charge is 2.51. The zero-order valence-electron chi connectivity index (χ0n) is 17.5. The maximum atomic E-state index is 13.4. The van der Waals surface area contributed by atoms with Crippen LogP contribution in [0.25, 0.3) is 0 Å². The lowest BCUT2D eigenvalue weighted by atomic mass is 9.85. The molecule has 0 bridgehead atoms. The monoisotopic (exact) mass is 438 g/mol. The number of hydrogen-bond acceptors (Lipinski definition) is 8. The summed E-state index contributed by atoms with van der Waals surface area (Å²) in [5, 5.41) is 8.89. The highest BCUT2D eigenvalue weighted by Crippen LogP contribution is 2.39. The first-order chi connectivity index (χ1) is 15.5. The van der Waals surface area contributed by atoms with Gasteiger partial charge in [-0.1, -0.05) is 25.2 Å². The topological polar surface area (TPSA) is 116 Å². The van der Waals surface area contributed by atoms with Gasteiger partial charge in [-0.15, -0.1) is 0 Å². The van der Waals surface area contributed by atoms with Crippen molar-refractivity contribution in [1.29, 1.82) is 0 Å². The number of pyridine rings is 1. The average molecular weight is 438 g/mol. The van der Waals surface area contributed by atoms with E-state index in [9.17, 15) is 14.4 Å². The van der Waals surface area contributed by atoms with Crippen LogP contribution < -0.4 is 5.56 Å². The van der Waals surface area contributed by atoms with E-state index in [1.165, 1.54) is 0 Å². The maximum Gasteiger partial charge on any atom is 0.509 e. The second-order valence-electron chi connectivity index (χ2n) is 7.99. The molecular weight excluding hydrogens is 416 g/mol. The number of aromatic nitrogens is 1. The smallest absolute Gasteiger partial charge is 0.457 e. The molecule has 0 amide bonds. The molecule has 9 nitrogen and oxygen atoms in total. The van der Waals surface area contributed by atoms with Crippen LogP contribution in [0.5, 0.6) is 0 Å². The molecule has 1 unspecified atom stereocenters. The van der Waals surface area contributed by atoms with Crippen molar-refractivity contribution in [2.24, 2.45) is 4.99 Å². The summed E-state index contributed by atoms with van der Waals surface area (Å²) in [5.74, 6) is -0.764. The first-order valence-corrected chi connectivity index (χ1v) is 10.6. The molecule has 1 aromatic heterocycles. The zero-order valence-corrected chi connectivity index (χ0v) is 17.5. The first kappa shape index (κ1) is 20.4. The Hall–Kier alpha value is -3.46. The predicted octanol–water partition coefficient (Wildman–Crippen LogP) is 1.65. The van der Waals surface area contributed by atoms with Crippen LogP contribution in [0.2, 0.25) is 0 Å². The summed E-state index contributed by atoms with van der Waals surface area (Å²) in [6.45, 7) is 1.18. The van der Waals surface area contributed by atoms with Crippen LogP contribution in [0, 0.1) is 0 Å². The van der Waals surface area contributed by atoms with Crippen molar-refractivity contribution in [3.63, 3.8) is 0 Å². The van der Waals surface area contributed by atoms with E-state index in [0.29, 0.717) is 23.5 Å². The van der Waals surface area contributed by atoms with Crippen molar-refractivity contribution >= 4 is 17.8 Å². The molecule has 1 aromatic rings. The summed E-state index contributed by atoms with van der Waals surface area (Å²) in [7, 11) is 0. The number of fused-ring (bicyclic) bond motifs is 5. The number of aliphatic imine (C=N–C) groups is 1. The van der Waals surface area contributed by atoms with Crippen LogP contribution in [0.1, 0.15) is 36.6 Å². The van der Waals surface area contributed by atoms with E-state index >= 15 is 0 Å². The molecule has 3 aliphatic heterocycles. The summed E-state index contributed by atoms with van der Waals surface area (Å²) in [6.07, 6.45) is 7.85. The van der Waals surface area contributed by atoms with Gasteiger partial charge in [-0.2, -0.15) is 0 Å². The van der Waals surface area contributed by atoms with Gasteiger partial charge in [0.15, 0.2) is 0 Å². The zero-order chi connectivity index (χ0) is 22.5. The maximum absolute atomic E-state index is 13.4. The largest absolute Gasteiger partial charge is 0.509 e. The molecule has 4 aliphatic rings. The normalized spacial score (nSPS) is 24.8. The molecule has 32 heavy (non-hydrogen) atoms. The minimum absolute atomic E-state index is 0.0120. The van der Waals surface area contributed by atoms with Crippen LogP contribution in [-0.2, 0) is 37.8 Å². The summed E-state index contributed by atoms with van der Waals surface area (Å²) >= 11 is 0. The molecule has 4 heterocycles. The quantitative estimate of drug-likeness (QED) is 0.711. The fourth-order valence-corrected chi connectivity index (χ4v) is 4.65. The minimum Gasteiger partial charge on any atom is -0.457 e.